The standard InChI is InChI=1S/C14H18ClN3O3/c1-9-4-2-3-5-12(9)17-14(19)16-10-6-7-13(18(20)21)11(15)8-10/h6-9,12H,2-5H2,1H3,(H2,16,17,19)/t9-,12-/m0/s1. The van der Waals surface area contributed by atoms with Crippen LogP contribution < -0.4 is 10.6 Å². The molecule has 0 heterocycles. The van der Waals surface area contributed by atoms with Gasteiger partial charge in [0.25, 0.3) is 5.69 Å². The van der Waals surface area contributed by atoms with Crippen LogP contribution in [0.5, 0.6) is 0 Å². The van der Waals surface area contributed by atoms with Crippen LogP contribution in [0.4, 0.5) is 16.2 Å². The molecule has 2 rings (SSSR count). The van der Waals surface area contributed by atoms with Crippen molar-refractivity contribution in [3.05, 3.63) is 33.3 Å². The second-order valence-corrected chi connectivity index (χ2v) is 5.80. The molecule has 0 unspecified atom stereocenters. The summed E-state index contributed by atoms with van der Waals surface area (Å²) in [6.07, 6.45) is 4.43. The summed E-state index contributed by atoms with van der Waals surface area (Å²) in [6.45, 7) is 2.13. The lowest BCUT2D eigenvalue weighted by Crippen LogP contribution is -2.43. The van der Waals surface area contributed by atoms with Crippen molar-refractivity contribution in [2.75, 3.05) is 5.32 Å². The Morgan fingerprint density at radius 1 is 1.38 bits per heavy atom. The predicted octanol–water partition coefficient (Wildman–Crippen LogP) is 3.95. The number of nitro groups is 1. The molecule has 0 saturated heterocycles. The van der Waals surface area contributed by atoms with Crippen molar-refractivity contribution in [2.45, 2.75) is 38.6 Å². The molecule has 114 valence electrons. The molecule has 0 radical (unpaired) electrons. The summed E-state index contributed by atoms with van der Waals surface area (Å²) in [5, 5.41) is 16.3. The van der Waals surface area contributed by atoms with Gasteiger partial charge in [0.15, 0.2) is 0 Å². The normalized spacial score (nSPS) is 21.6. The van der Waals surface area contributed by atoms with E-state index in [9.17, 15) is 14.9 Å². The number of urea groups is 1. The van der Waals surface area contributed by atoms with Crippen LogP contribution in [-0.2, 0) is 0 Å². The van der Waals surface area contributed by atoms with Crippen molar-refractivity contribution in [3.8, 4) is 0 Å². The molecule has 0 bridgehead atoms. The minimum absolute atomic E-state index is 0.00355. The van der Waals surface area contributed by atoms with Crippen molar-refractivity contribution in [2.24, 2.45) is 5.92 Å². The van der Waals surface area contributed by atoms with E-state index in [1.165, 1.54) is 24.6 Å². The van der Waals surface area contributed by atoms with Crippen molar-refractivity contribution < 1.29 is 9.72 Å². The molecule has 1 saturated carbocycles. The lowest BCUT2D eigenvalue weighted by Gasteiger charge is -2.29. The molecule has 0 aromatic heterocycles. The Morgan fingerprint density at radius 3 is 2.71 bits per heavy atom. The van der Waals surface area contributed by atoms with Crippen LogP contribution in [0.25, 0.3) is 0 Å². The van der Waals surface area contributed by atoms with Crippen LogP contribution in [0.15, 0.2) is 18.2 Å². The van der Waals surface area contributed by atoms with Gasteiger partial charge >= 0.3 is 6.03 Å². The third kappa shape index (κ3) is 4.07. The minimum Gasteiger partial charge on any atom is -0.335 e. The van der Waals surface area contributed by atoms with Gasteiger partial charge in [0, 0.05) is 17.8 Å². The average Bonchev–Trinajstić information content (AvgIpc) is 2.41. The smallest absolute Gasteiger partial charge is 0.319 e. The Labute approximate surface area is 128 Å². The molecule has 2 atom stereocenters. The van der Waals surface area contributed by atoms with Crippen molar-refractivity contribution in [3.63, 3.8) is 0 Å². The first kappa shape index (κ1) is 15.6. The largest absolute Gasteiger partial charge is 0.335 e. The maximum Gasteiger partial charge on any atom is 0.319 e. The van der Waals surface area contributed by atoms with E-state index in [-0.39, 0.29) is 22.8 Å². The van der Waals surface area contributed by atoms with Crippen LogP contribution in [-0.4, -0.2) is 17.0 Å². The van der Waals surface area contributed by atoms with Gasteiger partial charge in [-0.1, -0.05) is 31.4 Å². The zero-order chi connectivity index (χ0) is 15.4. The van der Waals surface area contributed by atoms with Gasteiger partial charge in [-0.3, -0.25) is 10.1 Å². The number of nitrogens with one attached hydrogen (secondary N) is 2. The summed E-state index contributed by atoms with van der Waals surface area (Å²) < 4.78 is 0. The highest BCUT2D eigenvalue weighted by Gasteiger charge is 2.23. The Hall–Kier alpha value is -1.82. The maximum absolute atomic E-state index is 12.0. The Bertz CT molecular complexity index is 550. The fourth-order valence-corrected chi connectivity index (χ4v) is 2.85. The fraction of sp³-hybridized carbons (Fsp3) is 0.500. The van der Waals surface area contributed by atoms with E-state index in [1.54, 1.807) is 0 Å². The number of anilines is 1. The molecule has 0 aliphatic heterocycles. The Balaban J connectivity index is 1.96. The van der Waals surface area contributed by atoms with Gasteiger partial charge in [-0.25, -0.2) is 4.79 Å². The van der Waals surface area contributed by atoms with Gasteiger partial charge in [0.05, 0.1) is 4.92 Å². The van der Waals surface area contributed by atoms with Crippen LogP contribution >= 0.6 is 11.6 Å². The third-order valence-electron chi connectivity index (χ3n) is 3.83. The van der Waals surface area contributed by atoms with E-state index in [0.29, 0.717) is 11.6 Å². The van der Waals surface area contributed by atoms with Gasteiger partial charge in [0.2, 0.25) is 0 Å². The summed E-state index contributed by atoms with van der Waals surface area (Å²) in [5.41, 5.74) is 0.259. The molecule has 0 spiro atoms. The van der Waals surface area contributed by atoms with Crippen molar-refractivity contribution in [1.29, 1.82) is 0 Å². The summed E-state index contributed by atoms with van der Waals surface area (Å²) in [7, 11) is 0. The van der Waals surface area contributed by atoms with E-state index in [0.717, 1.165) is 19.3 Å². The van der Waals surface area contributed by atoms with Crippen LogP contribution in [0, 0.1) is 16.0 Å². The monoisotopic (exact) mass is 311 g/mol. The number of nitro benzene ring substituents is 1. The SMILES string of the molecule is C[C@H]1CCCC[C@@H]1NC(=O)Nc1ccc([N+](=O)[O-])c(Cl)c1. The summed E-state index contributed by atoms with van der Waals surface area (Å²) in [6, 6.07) is 3.99. The molecular weight excluding hydrogens is 294 g/mol. The highest BCUT2D eigenvalue weighted by molar-refractivity contribution is 6.33. The zero-order valence-electron chi connectivity index (χ0n) is 11.8. The van der Waals surface area contributed by atoms with Gasteiger partial charge in [-0.15, -0.1) is 0 Å². The number of amides is 2. The number of benzene rings is 1. The van der Waals surface area contributed by atoms with Crippen LogP contribution in [0.3, 0.4) is 0 Å². The highest BCUT2D eigenvalue weighted by Crippen LogP contribution is 2.27. The van der Waals surface area contributed by atoms with E-state index >= 15 is 0 Å². The highest BCUT2D eigenvalue weighted by atomic mass is 35.5. The molecule has 2 N–H and O–H groups in total. The van der Waals surface area contributed by atoms with E-state index < -0.39 is 4.92 Å². The number of carbonyl (C=O) groups is 1. The molecule has 2 amide bonds. The second kappa shape index (κ2) is 6.76. The van der Waals surface area contributed by atoms with Crippen LogP contribution in [0.2, 0.25) is 5.02 Å². The number of halogens is 1. The van der Waals surface area contributed by atoms with Crippen molar-refractivity contribution >= 4 is 29.0 Å². The first-order valence-corrected chi connectivity index (χ1v) is 7.36. The molecular formula is C14H18ClN3O3. The molecule has 1 aliphatic carbocycles. The predicted molar refractivity (Wildman–Crippen MR) is 81.7 cm³/mol. The maximum atomic E-state index is 12.0. The lowest BCUT2D eigenvalue weighted by atomic mass is 9.86. The molecule has 7 heteroatoms. The summed E-state index contributed by atoms with van der Waals surface area (Å²) in [4.78, 5) is 22.1. The first-order valence-electron chi connectivity index (χ1n) is 6.99. The van der Waals surface area contributed by atoms with Gasteiger partial charge in [-0.05, 0) is 30.9 Å². The fourth-order valence-electron chi connectivity index (χ4n) is 2.60. The Morgan fingerprint density at radius 2 is 2.10 bits per heavy atom. The topological polar surface area (TPSA) is 84.3 Å². The zero-order valence-corrected chi connectivity index (χ0v) is 12.5. The minimum atomic E-state index is -0.560. The molecule has 1 fully saturated rings. The summed E-state index contributed by atoms with van der Waals surface area (Å²) in [5.74, 6) is 0.463. The van der Waals surface area contributed by atoms with E-state index in [1.807, 2.05) is 0 Å². The lowest BCUT2D eigenvalue weighted by molar-refractivity contribution is -0.384. The molecule has 21 heavy (non-hydrogen) atoms. The first-order chi connectivity index (χ1) is 9.97. The number of carbonyl (C=O) groups excluding carboxylic acids is 1. The van der Waals surface area contributed by atoms with E-state index in [2.05, 4.69) is 17.6 Å². The summed E-state index contributed by atoms with van der Waals surface area (Å²) >= 11 is 5.81. The van der Waals surface area contributed by atoms with Gasteiger partial charge in [-0.2, -0.15) is 0 Å². The Kier molecular flexibility index (Phi) is 5.01. The number of rotatable bonds is 3. The van der Waals surface area contributed by atoms with Gasteiger partial charge in [0.1, 0.15) is 5.02 Å². The number of hydrogen-bond donors (Lipinski definition) is 2. The third-order valence-corrected chi connectivity index (χ3v) is 4.13. The number of hydrogen-bond acceptors (Lipinski definition) is 3. The average molecular weight is 312 g/mol. The van der Waals surface area contributed by atoms with Gasteiger partial charge < -0.3 is 10.6 Å². The van der Waals surface area contributed by atoms with Crippen molar-refractivity contribution in [1.82, 2.24) is 5.32 Å². The molecule has 1 aromatic carbocycles. The molecule has 1 aromatic rings. The van der Waals surface area contributed by atoms with E-state index in [4.69, 9.17) is 11.6 Å². The quantitative estimate of drug-likeness (QED) is 0.654. The second-order valence-electron chi connectivity index (χ2n) is 5.39. The number of nitrogens with zero attached hydrogens (tertiary/aromatic N) is 1. The molecule has 6 nitrogen and oxygen atoms in total. The molecule has 1 aliphatic rings. The van der Waals surface area contributed by atoms with Crippen LogP contribution in [0.1, 0.15) is 32.6 Å².